The lowest BCUT2D eigenvalue weighted by atomic mass is 9.99. The predicted molar refractivity (Wildman–Crippen MR) is 349 cm³/mol. The Balaban J connectivity index is 5.12. The summed E-state index contributed by atoms with van der Waals surface area (Å²) in [7, 11) is -9.88. The summed E-state index contributed by atoms with van der Waals surface area (Å²) in [5.41, 5.74) is 0. The van der Waals surface area contributed by atoms with Crippen LogP contribution in [0.3, 0.4) is 0 Å². The Bertz CT molecular complexity index is 1690. The largest absolute Gasteiger partial charge is 0.472 e. The average Bonchev–Trinajstić information content (AvgIpc) is 3.71. The lowest BCUT2D eigenvalue weighted by molar-refractivity contribution is -0.161. The molecule has 6 atom stereocenters. The van der Waals surface area contributed by atoms with Crippen molar-refractivity contribution in [3.05, 3.63) is 0 Å². The number of carbonyl (C=O) groups excluding carboxylic acids is 4. The molecule has 3 unspecified atom stereocenters. The van der Waals surface area contributed by atoms with Crippen molar-refractivity contribution in [2.75, 3.05) is 39.6 Å². The first-order chi connectivity index (χ1) is 42.1. The van der Waals surface area contributed by atoms with Crippen molar-refractivity contribution >= 4 is 39.5 Å². The van der Waals surface area contributed by atoms with E-state index in [0.717, 1.165) is 102 Å². The van der Waals surface area contributed by atoms with Crippen LogP contribution < -0.4 is 0 Å². The highest BCUT2D eigenvalue weighted by molar-refractivity contribution is 7.47. The zero-order valence-corrected chi connectivity index (χ0v) is 57.9. The van der Waals surface area contributed by atoms with Gasteiger partial charge in [0.05, 0.1) is 26.4 Å². The molecule has 0 heterocycles. The summed E-state index contributed by atoms with van der Waals surface area (Å²) in [6.07, 6.45) is 47.6. The molecule has 0 bridgehead atoms. The average molecular weight is 1280 g/mol. The Morgan fingerprint density at radius 2 is 0.552 bits per heavy atom. The van der Waals surface area contributed by atoms with Gasteiger partial charge in [0.2, 0.25) is 0 Å². The van der Waals surface area contributed by atoms with Gasteiger partial charge in [-0.3, -0.25) is 37.3 Å². The molecule has 87 heavy (non-hydrogen) atoms. The number of phosphoric ester groups is 2. The summed E-state index contributed by atoms with van der Waals surface area (Å²) >= 11 is 0. The van der Waals surface area contributed by atoms with E-state index in [4.69, 9.17) is 37.0 Å². The van der Waals surface area contributed by atoms with Gasteiger partial charge in [-0.25, -0.2) is 9.13 Å². The number of ether oxygens (including phenoxy) is 4. The Labute approximate surface area is 530 Å². The molecular formula is C68H132O17P2. The molecule has 0 radical (unpaired) electrons. The molecule has 3 N–H and O–H groups in total. The minimum atomic E-state index is -4.95. The molecule has 0 fully saturated rings. The summed E-state index contributed by atoms with van der Waals surface area (Å²) in [4.78, 5) is 72.1. The molecular weight excluding hydrogens is 1150 g/mol. The van der Waals surface area contributed by atoms with E-state index in [1.54, 1.807) is 0 Å². The van der Waals surface area contributed by atoms with Crippen LogP contribution in [-0.4, -0.2) is 96.7 Å². The molecule has 0 aliphatic carbocycles. The number of aliphatic hydroxyl groups excluding tert-OH is 1. The minimum Gasteiger partial charge on any atom is -0.462 e. The van der Waals surface area contributed by atoms with Crippen molar-refractivity contribution < 1.29 is 80.2 Å². The van der Waals surface area contributed by atoms with E-state index in [-0.39, 0.29) is 25.7 Å². The van der Waals surface area contributed by atoms with Crippen molar-refractivity contribution in [3.8, 4) is 0 Å². The topological polar surface area (TPSA) is 237 Å². The second-order valence-corrected chi connectivity index (χ2v) is 27.7. The fraction of sp³-hybridized carbons (Fsp3) is 0.941. The maximum atomic E-state index is 13.0. The van der Waals surface area contributed by atoms with Gasteiger partial charge in [0.15, 0.2) is 12.2 Å². The quantitative estimate of drug-likeness (QED) is 0.0222. The van der Waals surface area contributed by atoms with Crippen LogP contribution in [0, 0.1) is 5.92 Å². The summed E-state index contributed by atoms with van der Waals surface area (Å²) in [6.45, 7) is 7.13. The molecule has 19 heteroatoms. The van der Waals surface area contributed by atoms with E-state index in [9.17, 15) is 43.2 Å². The maximum Gasteiger partial charge on any atom is 0.472 e. The third kappa shape index (κ3) is 61.3. The van der Waals surface area contributed by atoms with Crippen LogP contribution in [0.1, 0.15) is 349 Å². The molecule has 0 aromatic carbocycles. The minimum absolute atomic E-state index is 0.106. The van der Waals surface area contributed by atoms with Crippen LogP contribution in [0.2, 0.25) is 0 Å². The van der Waals surface area contributed by atoms with Gasteiger partial charge < -0.3 is 33.8 Å². The highest BCUT2D eigenvalue weighted by atomic mass is 31.2. The molecule has 0 aromatic rings. The highest BCUT2D eigenvalue weighted by Crippen LogP contribution is 2.45. The number of esters is 4. The Morgan fingerprint density at radius 1 is 0.322 bits per heavy atom. The number of unbranched alkanes of at least 4 members (excludes halogenated alkanes) is 39. The second-order valence-electron chi connectivity index (χ2n) is 24.8. The van der Waals surface area contributed by atoms with Crippen LogP contribution >= 0.6 is 15.6 Å². The van der Waals surface area contributed by atoms with E-state index >= 15 is 0 Å². The predicted octanol–water partition coefficient (Wildman–Crippen LogP) is 19.4. The normalized spacial score (nSPS) is 14.4. The summed E-state index contributed by atoms with van der Waals surface area (Å²) in [6, 6.07) is 0. The van der Waals surface area contributed by atoms with Gasteiger partial charge in [-0.15, -0.1) is 0 Å². The SMILES string of the molecule is CCCCCCCCCCCCCCCCCCCCCCC(=O)O[C@H](COC(=O)CCCCCCCCCCC(C)CC)COP(=O)(O)OC[C@@H](O)COP(=O)(O)OC[C@@H](COC(=O)CCCCCCC)OC(=O)CCCCCCCCCCCC. The second kappa shape index (κ2) is 61.6. The van der Waals surface area contributed by atoms with Gasteiger partial charge in [0, 0.05) is 25.7 Å². The van der Waals surface area contributed by atoms with Crippen molar-refractivity contribution in [1.29, 1.82) is 0 Å². The van der Waals surface area contributed by atoms with Crippen LogP contribution in [0.5, 0.6) is 0 Å². The fourth-order valence-corrected chi connectivity index (χ4v) is 11.8. The van der Waals surface area contributed by atoms with Gasteiger partial charge in [0.25, 0.3) is 0 Å². The van der Waals surface area contributed by atoms with Gasteiger partial charge >= 0.3 is 39.5 Å². The molecule has 17 nitrogen and oxygen atoms in total. The lowest BCUT2D eigenvalue weighted by Gasteiger charge is -2.21. The van der Waals surface area contributed by atoms with E-state index < -0.39 is 97.5 Å². The van der Waals surface area contributed by atoms with Crippen molar-refractivity contribution in [3.63, 3.8) is 0 Å². The lowest BCUT2D eigenvalue weighted by Crippen LogP contribution is -2.30. The van der Waals surface area contributed by atoms with E-state index in [1.165, 1.54) is 167 Å². The first kappa shape index (κ1) is 85.1. The van der Waals surface area contributed by atoms with Crippen LogP contribution in [0.15, 0.2) is 0 Å². The molecule has 0 aliphatic heterocycles. The summed E-state index contributed by atoms with van der Waals surface area (Å²) in [5.74, 6) is -1.36. The Morgan fingerprint density at radius 3 is 0.816 bits per heavy atom. The number of aliphatic hydroxyl groups is 1. The molecule has 516 valence electrons. The molecule has 0 spiro atoms. The summed E-state index contributed by atoms with van der Waals surface area (Å²) < 4.78 is 67.9. The first-order valence-corrected chi connectivity index (χ1v) is 38.7. The number of hydrogen-bond donors (Lipinski definition) is 3. The van der Waals surface area contributed by atoms with Gasteiger partial charge in [-0.1, -0.05) is 298 Å². The molecule has 0 saturated heterocycles. The maximum absolute atomic E-state index is 13.0. The smallest absolute Gasteiger partial charge is 0.462 e. The third-order valence-electron chi connectivity index (χ3n) is 16.1. The fourth-order valence-electron chi connectivity index (χ4n) is 10.3. The first-order valence-electron chi connectivity index (χ1n) is 35.7. The number of phosphoric acid groups is 2. The van der Waals surface area contributed by atoms with Gasteiger partial charge in [-0.2, -0.15) is 0 Å². The molecule has 0 aliphatic rings. The standard InChI is InChI=1S/C68H132O17P2/c1-6-10-13-16-18-20-22-23-24-25-26-27-28-29-30-31-33-39-44-49-54-68(73)85-64(58-79-66(71)52-47-42-37-35-34-36-41-45-50-61(5)9-4)60-83-87(76,77)81-56-62(69)55-80-86(74,75)82-59-63(57-78-65(70)51-46-40-15-12-8-3)84-67(72)53-48-43-38-32-21-19-17-14-11-7-2/h61-64,69H,6-60H2,1-5H3,(H,74,75)(H,76,77)/t61?,62-,63+,64+/m0/s1. The monoisotopic (exact) mass is 1280 g/mol. The Hall–Kier alpha value is -1.94. The van der Waals surface area contributed by atoms with Crippen molar-refractivity contribution in [1.82, 2.24) is 0 Å². The molecule has 0 saturated carbocycles. The third-order valence-corrected chi connectivity index (χ3v) is 18.0. The van der Waals surface area contributed by atoms with Crippen molar-refractivity contribution in [2.24, 2.45) is 5.92 Å². The van der Waals surface area contributed by atoms with Crippen LogP contribution in [0.4, 0.5) is 0 Å². The zero-order valence-electron chi connectivity index (χ0n) is 56.2. The van der Waals surface area contributed by atoms with E-state index in [1.807, 2.05) is 0 Å². The highest BCUT2D eigenvalue weighted by Gasteiger charge is 2.30. The van der Waals surface area contributed by atoms with Gasteiger partial charge in [-0.05, 0) is 31.6 Å². The molecule has 0 rings (SSSR count). The Kier molecular flexibility index (Phi) is 60.2. The number of carbonyl (C=O) groups is 4. The van der Waals surface area contributed by atoms with Crippen LogP contribution in [0.25, 0.3) is 0 Å². The number of rotatable bonds is 68. The molecule has 0 aromatic heterocycles. The molecule has 0 amide bonds. The summed E-state index contributed by atoms with van der Waals surface area (Å²) in [5, 5.41) is 10.5. The van der Waals surface area contributed by atoms with Crippen molar-refractivity contribution in [2.45, 2.75) is 368 Å². The van der Waals surface area contributed by atoms with E-state index in [2.05, 4.69) is 34.6 Å². The van der Waals surface area contributed by atoms with Crippen LogP contribution in [-0.2, 0) is 65.4 Å². The zero-order chi connectivity index (χ0) is 64.2. The van der Waals surface area contributed by atoms with E-state index in [0.29, 0.717) is 25.7 Å². The number of hydrogen-bond acceptors (Lipinski definition) is 15. The van der Waals surface area contributed by atoms with Gasteiger partial charge in [0.1, 0.15) is 19.3 Å².